The summed E-state index contributed by atoms with van der Waals surface area (Å²) in [7, 11) is 1.77. The summed E-state index contributed by atoms with van der Waals surface area (Å²) in [4.78, 5) is 11.5. The van der Waals surface area contributed by atoms with Crippen molar-refractivity contribution in [3.8, 4) is 0 Å². The van der Waals surface area contributed by atoms with Gasteiger partial charge in [0.1, 0.15) is 6.33 Å². The van der Waals surface area contributed by atoms with Gasteiger partial charge in [0.25, 0.3) is 5.69 Å². The number of rotatable bonds is 6. The van der Waals surface area contributed by atoms with Crippen LogP contribution in [-0.2, 0) is 7.05 Å². The number of nitro groups is 1. The summed E-state index contributed by atoms with van der Waals surface area (Å²) in [6.07, 6.45) is 2.98. The van der Waals surface area contributed by atoms with Crippen LogP contribution in [0, 0.1) is 17.0 Å². The lowest BCUT2D eigenvalue weighted by Gasteiger charge is -2.10. The quantitative estimate of drug-likeness (QED) is 0.244. The molecule has 0 saturated heterocycles. The average molecular weight is 462 g/mol. The van der Waals surface area contributed by atoms with Gasteiger partial charge >= 0.3 is 0 Å². The van der Waals surface area contributed by atoms with Gasteiger partial charge in [-0.1, -0.05) is 23.7 Å². The van der Waals surface area contributed by atoms with Gasteiger partial charge in [-0.2, -0.15) is 5.10 Å². The highest BCUT2D eigenvalue weighted by Gasteiger charge is 2.17. The van der Waals surface area contributed by atoms with E-state index in [0.29, 0.717) is 20.6 Å². The number of nitrogens with one attached hydrogen (secondary N) is 2. The molecule has 0 bridgehead atoms. The Kier molecular flexibility index (Phi) is 6.98. The van der Waals surface area contributed by atoms with Crippen molar-refractivity contribution in [2.45, 2.75) is 17.0 Å². The number of hydrogen-bond acceptors (Lipinski definition) is 7. The molecule has 0 radical (unpaired) electrons. The lowest BCUT2D eigenvalue weighted by molar-refractivity contribution is -0.387. The van der Waals surface area contributed by atoms with Crippen LogP contribution in [0.4, 0.5) is 11.4 Å². The molecule has 0 amide bonds. The van der Waals surface area contributed by atoms with Gasteiger partial charge in [0.15, 0.2) is 10.3 Å². The zero-order valence-corrected chi connectivity index (χ0v) is 18.3. The molecule has 0 atom stereocenters. The van der Waals surface area contributed by atoms with E-state index in [1.54, 1.807) is 29.8 Å². The van der Waals surface area contributed by atoms with Crippen LogP contribution in [0.1, 0.15) is 11.1 Å². The molecule has 1 aromatic heterocycles. The molecule has 2 aromatic carbocycles. The molecule has 0 aliphatic rings. The number of thiocarbonyl (C=S) groups is 1. The normalized spacial score (nSPS) is 10.9. The second kappa shape index (κ2) is 9.65. The SMILES string of the molecule is Cc1c(Cl)cccc1NC(=S)NN=Cc1ccc(Sc2nncn2C)c([N+](=O)[O-])c1. The van der Waals surface area contributed by atoms with Crippen molar-refractivity contribution in [2.24, 2.45) is 12.1 Å². The molecule has 3 rings (SSSR count). The average Bonchev–Trinajstić information content (AvgIpc) is 3.11. The molecule has 0 saturated carbocycles. The molecule has 0 spiro atoms. The highest BCUT2D eigenvalue weighted by atomic mass is 35.5. The van der Waals surface area contributed by atoms with Crippen molar-refractivity contribution in [1.29, 1.82) is 0 Å². The van der Waals surface area contributed by atoms with Crippen molar-refractivity contribution >= 4 is 58.3 Å². The van der Waals surface area contributed by atoms with Crippen LogP contribution < -0.4 is 10.7 Å². The number of aromatic nitrogens is 3. The summed E-state index contributed by atoms with van der Waals surface area (Å²) in [6.45, 7) is 1.87. The Morgan fingerprint density at radius 1 is 1.40 bits per heavy atom. The molecular formula is C18H16ClN7O2S2. The van der Waals surface area contributed by atoms with E-state index < -0.39 is 4.92 Å². The van der Waals surface area contributed by atoms with E-state index >= 15 is 0 Å². The minimum Gasteiger partial charge on any atom is -0.331 e. The highest BCUT2D eigenvalue weighted by Crippen LogP contribution is 2.33. The number of aryl methyl sites for hydroxylation is 1. The Morgan fingerprint density at radius 3 is 2.90 bits per heavy atom. The lowest BCUT2D eigenvalue weighted by Crippen LogP contribution is -2.24. The van der Waals surface area contributed by atoms with E-state index in [1.165, 1.54) is 18.6 Å². The van der Waals surface area contributed by atoms with Gasteiger partial charge in [-0.15, -0.1) is 10.2 Å². The third-order valence-electron chi connectivity index (χ3n) is 3.95. The Bertz CT molecular complexity index is 1130. The Hall–Kier alpha value is -3.02. The van der Waals surface area contributed by atoms with E-state index in [4.69, 9.17) is 23.8 Å². The van der Waals surface area contributed by atoms with Crippen LogP contribution in [0.25, 0.3) is 0 Å². The molecule has 1 heterocycles. The summed E-state index contributed by atoms with van der Waals surface area (Å²) in [6, 6.07) is 10.2. The Balaban J connectivity index is 1.68. The summed E-state index contributed by atoms with van der Waals surface area (Å²) >= 11 is 12.5. The van der Waals surface area contributed by atoms with Gasteiger partial charge in [-0.05, 0) is 54.7 Å². The van der Waals surface area contributed by atoms with Gasteiger partial charge in [-0.25, -0.2) is 0 Å². The van der Waals surface area contributed by atoms with Crippen molar-refractivity contribution < 1.29 is 4.92 Å². The minimum absolute atomic E-state index is 0.0535. The number of anilines is 1. The second-order valence-electron chi connectivity index (χ2n) is 6.05. The van der Waals surface area contributed by atoms with Gasteiger partial charge in [0.2, 0.25) is 0 Å². The standard InChI is InChI=1S/C18H16ClN7O2S2/c1-11-13(19)4-3-5-14(11)22-17(29)23-20-9-12-6-7-16(15(8-12)26(27)28)30-18-24-21-10-25(18)2/h3-10H,1-2H3,(H2,22,23,29). The maximum absolute atomic E-state index is 11.5. The predicted molar refractivity (Wildman–Crippen MR) is 121 cm³/mol. The largest absolute Gasteiger partial charge is 0.331 e. The third kappa shape index (κ3) is 5.32. The summed E-state index contributed by atoms with van der Waals surface area (Å²) in [5, 5.41) is 27.7. The first-order chi connectivity index (χ1) is 14.3. The smallest absolute Gasteiger partial charge is 0.283 e. The second-order valence-corrected chi connectivity index (χ2v) is 7.87. The van der Waals surface area contributed by atoms with Crippen LogP contribution in [0.15, 0.2) is 57.9 Å². The monoisotopic (exact) mass is 461 g/mol. The summed E-state index contributed by atoms with van der Waals surface area (Å²) in [5.41, 5.74) is 4.79. The predicted octanol–water partition coefficient (Wildman–Crippen LogP) is 4.16. The van der Waals surface area contributed by atoms with Crippen molar-refractivity contribution in [2.75, 3.05) is 5.32 Å². The zero-order valence-electron chi connectivity index (χ0n) is 15.9. The van der Waals surface area contributed by atoms with Crippen molar-refractivity contribution in [1.82, 2.24) is 20.2 Å². The molecule has 0 fully saturated rings. The molecule has 0 aliphatic carbocycles. The van der Waals surface area contributed by atoms with E-state index in [9.17, 15) is 10.1 Å². The van der Waals surface area contributed by atoms with Gasteiger partial charge < -0.3 is 9.88 Å². The third-order valence-corrected chi connectivity index (χ3v) is 5.67. The first-order valence-corrected chi connectivity index (χ1v) is 10.1. The molecule has 0 aliphatic heterocycles. The van der Waals surface area contributed by atoms with Crippen LogP contribution in [0.5, 0.6) is 0 Å². The van der Waals surface area contributed by atoms with Crippen LogP contribution in [0.2, 0.25) is 5.02 Å². The molecule has 30 heavy (non-hydrogen) atoms. The minimum atomic E-state index is -0.447. The van der Waals surface area contributed by atoms with Crippen molar-refractivity contribution in [3.05, 3.63) is 69.0 Å². The van der Waals surface area contributed by atoms with Crippen LogP contribution >= 0.6 is 35.6 Å². The molecular weight excluding hydrogens is 446 g/mol. The zero-order chi connectivity index (χ0) is 21.7. The van der Waals surface area contributed by atoms with Crippen LogP contribution in [-0.4, -0.2) is 31.0 Å². The Labute approximate surface area is 186 Å². The molecule has 0 unspecified atom stereocenters. The molecule has 12 heteroatoms. The highest BCUT2D eigenvalue weighted by molar-refractivity contribution is 7.99. The van der Waals surface area contributed by atoms with Gasteiger partial charge in [0.05, 0.1) is 16.0 Å². The summed E-state index contributed by atoms with van der Waals surface area (Å²) in [5.74, 6) is 0. The Morgan fingerprint density at radius 2 is 2.20 bits per heavy atom. The number of hydrazone groups is 1. The topological polar surface area (TPSA) is 110 Å². The lowest BCUT2D eigenvalue weighted by atomic mass is 10.2. The van der Waals surface area contributed by atoms with E-state index in [1.807, 2.05) is 19.1 Å². The molecule has 2 N–H and O–H groups in total. The van der Waals surface area contributed by atoms with Gasteiger partial charge in [0, 0.05) is 29.4 Å². The van der Waals surface area contributed by atoms with Crippen molar-refractivity contribution in [3.63, 3.8) is 0 Å². The maximum Gasteiger partial charge on any atom is 0.283 e. The van der Waals surface area contributed by atoms with E-state index in [2.05, 4.69) is 26.0 Å². The first-order valence-electron chi connectivity index (χ1n) is 8.50. The maximum atomic E-state index is 11.5. The van der Waals surface area contributed by atoms with E-state index in [-0.39, 0.29) is 10.8 Å². The number of nitro benzene ring substituents is 1. The molecule has 3 aromatic rings. The fourth-order valence-electron chi connectivity index (χ4n) is 2.37. The first kappa shape index (κ1) is 21.7. The molecule has 154 valence electrons. The molecule has 9 nitrogen and oxygen atoms in total. The number of halogens is 1. The van der Waals surface area contributed by atoms with Gasteiger partial charge in [-0.3, -0.25) is 15.5 Å². The summed E-state index contributed by atoms with van der Waals surface area (Å²) < 4.78 is 1.68. The number of benzene rings is 2. The van der Waals surface area contributed by atoms with Crippen LogP contribution in [0.3, 0.4) is 0 Å². The fourth-order valence-corrected chi connectivity index (χ4v) is 3.55. The fraction of sp³-hybridized carbons (Fsp3) is 0.111. The van der Waals surface area contributed by atoms with E-state index in [0.717, 1.165) is 23.0 Å². The number of nitrogens with zero attached hydrogens (tertiary/aromatic N) is 5. The number of hydrogen-bond donors (Lipinski definition) is 2.